The second kappa shape index (κ2) is 4.40. The number of hydrogen-bond donors (Lipinski definition) is 1. The van der Waals surface area contributed by atoms with E-state index in [4.69, 9.17) is 0 Å². The first-order valence-electron chi connectivity index (χ1n) is 4.65. The molecular formula is C11H9FN2OS. The van der Waals surface area contributed by atoms with Gasteiger partial charge in [-0.1, -0.05) is 12.1 Å². The molecule has 0 unspecified atom stereocenters. The fraction of sp³-hybridized carbons (Fsp3) is 0.0909. The summed E-state index contributed by atoms with van der Waals surface area (Å²) >= 11 is 1.35. The lowest BCUT2D eigenvalue weighted by Gasteiger charge is -2.02. The van der Waals surface area contributed by atoms with Crippen LogP contribution in [0.3, 0.4) is 0 Å². The monoisotopic (exact) mass is 236 g/mol. The van der Waals surface area contributed by atoms with Gasteiger partial charge in [0.15, 0.2) is 5.13 Å². The van der Waals surface area contributed by atoms with Crippen LogP contribution in [-0.2, 0) is 0 Å². The van der Waals surface area contributed by atoms with E-state index < -0.39 is 11.7 Å². The number of amides is 1. The summed E-state index contributed by atoms with van der Waals surface area (Å²) in [6.07, 6.45) is 1.65. The molecular weight excluding hydrogens is 227 g/mol. The van der Waals surface area contributed by atoms with Gasteiger partial charge < -0.3 is 0 Å². The van der Waals surface area contributed by atoms with Crippen LogP contribution in [0, 0.1) is 12.7 Å². The van der Waals surface area contributed by atoms with Gasteiger partial charge in [-0.2, -0.15) is 0 Å². The Morgan fingerprint density at radius 3 is 2.81 bits per heavy atom. The Labute approximate surface area is 96.0 Å². The Kier molecular flexibility index (Phi) is 2.96. The number of nitrogens with one attached hydrogen (secondary N) is 1. The molecule has 2 rings (SSSR count). The number of thiazole rings is 1. The summed E-state index contributed by atoms with van der Waals surface area (Å²) < 4.78 is 13.3. The molecule has 5 heteroatoms. The minimum Gasteiger partial charge on any atom is -0.298 e. The van der Waals surface area contributed by atoms with Crippen LogP contribution >= 0.6 is 11.3 Å². The normalized spacial score (nSPS) is 10.1. The molecule has 0 aliphatic carbocycles. The predicted octanol–water partition coefficient (Wildman–Crippen LogP) is 2.84. The smallest absolute Gasteiger partial charge is 0.260 e. The van der Waals surface area contributed by atoms with Gasteiger partial charge in [0.05, 0.1) is 5.56 Å². The fourth-order valence-electron chi connectivity index (χ4n) is 1.22. The van der Waals surface area contributed by atoms with Crippen molar-refractivity contribution in [2.75, 3.05) is 5.32 Å². The second-order valence-corrected chi connectivity index (χ2v) is 4.44. The van der Waals surface area contributed by atoms with Crippen molar-refractivity contribution in [3.63, 3.8) is 0 Å². The van der Waals surface area contributed by atoms with E-state index >= 15 is 0 Å². The van der Waals surface area contributed by atoms with Crippen LogP contribution in [0.1, 0.15) is 15.2 Å². The number of aryl methyl sites for hydroxylation is 1. The predicted molar refractivity (Wildman–Crippen MR) is 61.2 cm³/mol. The number of hydrogen-bond acceptors (Lipinski definition) is 3. The van der Waals surface area contributed by atoms with Crippen molar-refractivity contribution in [1.29, 1.82) is 0 Å². The van der Waals surface area contributed by atoms with Crippen molar-refractivity contribution in [3.05, 3.63) is 46.7 Å². The van der Waals surface area contributed by atoms with Crippen LogP contribution in [0.2, 0.25) is 0 Å². The summed E-state index contributed by atoms with van der Waals surface area (Å²) in [5, 5.41) is 3.03. The highest BCUT2D eigenvalue weighted by atomic mass is 32.1. The summed E-state index contributed by atoms with van der Waals surface area (Å²) in [5.41, 5.74) is 0.0235. The Balaban J connectivity index is 2.18. The van der Waals surface area contributed by atoms with Gasteiger partial charge >= 0.3 is 0 Å². The number of halogens is 1. The van der Waals surface area contributed by atoms with Crippen LogP contribution in [0.5, 0.6) is 0 Å². The quantitative estimate of drug-likeness (QED) is 0.871. The van der Waals surface area contributed by atoms with Crippen LogP contribution in [0.4, 0.5) is 9.52 Å². The molecule has 0 atom stereocenters. The molecule has 0 saturated heterocycles. The molecule has 0 spiro atoms. The standard InChI is InChI=1S/C11H9FN2OS/c1-7-6-13-11(16-7)14-10(15)8-4-2-3-5-9(8)12/h2-6H,1H3,(H,13,14,15). The van der Waals surface area contributed by atoms with Crippen molar-refractivity contribution >= 4 is 22.4 Å². The maximum absolute atomic E-state index is 13.3. The summed E-state index contributed by atoms with van der Waals surface area (Å²) in [4.78, 5) is 16.6. The van der Waals surface area contributed by atoms with Crippen molar-refractivity contribution in [2.45, 2.75) is 6.92 Å². The third-order valence-corrected chi connectivity index (χ3v) is 2.79. The molecule has 1 aromatic heterocycles. The lowest BCUT2D eigenvalue weighted by atomic mass is 10.2. The number of benzene rings is 1. The molecule has 2 aromatic rings. The van der Waals surface area contributed by atoms with Crippen LogP contribution in [0.25, 0.3) is 0 Å². The largest absolute Gasteiger partial charge is 0.298 e. The Bertz CT molecular complexity index is 524. The van der Waals surface area contributed by atoms with Gasteiger partial charge in [0.1, 0.15) is 5.82 Å². The summed E-state index contributed by atoms with van der Waals surface area (Å²) in [7, 11) is 0. The molecule has 0 bridgehead atoms. The Morgan fingerprint density at radius 1 is 1.44 bits per heavy atom. The molecule has 82 valence electrons. The number of carbonyl (C=O) groups is 1. The average Bonchev–Trinajstić information content (AvgIpc) is 2.64. The summed E-state index contributed by atoms with van der Waals surface area (Å²) in [6.45, 7) is 1.89. The van der Waals surface area contributed by atoms with Gasteiger partial charge in [-0.05, 0) is 19.1 Å². The molecule has 0 fully saturated rings. The molecule has 1 heterocycles. The first-order chi connectivity index (χ1) is 7.66. The molecule has 0 radical (unpaired) electrons. The van der Waals surface area contributed by atoms with Crippen LogP contribution < -0.4 is 5.32 Å². The molecule has 0 aliphatic heterocycles. The zero-order chi connectivity index (χ0) is 11.5. The first-order valence-corrected chi connectivity index (χ1v) is 5.47. The highest BCUT2D eigenvalue weighted by Gasteiger charge is 2.11. The Hall–Kier alpha value is -1.75. The van der Waals surface area contributed by atoms with Crippen LogP contribution in [-0.4, -0.2) is 10.9 Å². The molecule has 0 saturated carbocycles. The molecule has 16 heavy (non-hydrogen) atoms. The van der Waals surface area contributed by atoms with E-state index in [9.17, 15) is 9.18 Å². The number of nitrogens with zero attached hydrogens (tertiary/aromatic N) is 1. The lowest BCUT2D eigenvalue weighted by Crippen LogP contribution is -2.13. The van der Waals surface area contributed by atoms with Crippen molar-refractivity contribution in [3.8, 4) is 0 Å². The molecule has 1 N–H and O–H groups in total. The van der Waals surface area contributed by atoms with E-state index in [0.717, 1.165) is 4.88 Å². The van der Waals surface area contributed by atoms with E-state index in [1.807, 2.05) is 6.92 Å². The van der Waals surface area contributed by atoms with E-state index in [1.165, 1.54) is 23.5 Å². The third-order valence-electron chi connectivity index (χ3n) is 1.96. The van der Waals surface area contributed by atoms with E-state index in [0.29, 0.717) is 5.13 Å². The maximum atomic E-state index is 13.3. The molecule has 3 nitrogen and oxygen atoms in total. The van der Waals surface area contributed by atoms with Gasteiger partial charge in [0.2, 0.25) is 0 Å². The topological polar surface area (TPSA) is 42.0 Å². The van der Waals surface area contributed by atoms with Crippen molar-refractivity contribution < 1.29 is 9.18 Å². The first kappa shape index (κ1) is 10.8. The third kappa shape index (κ3) is 2.25. The number of rotatable bonds is 2. The molecule has 1 amide bonds. The van der Waals surface area contributed by atoms with Gasteiger partial charge in [0.25, 0.3) is 5.91 Å². The average molecular weight is 236 g/mol. The Morgan fingerprint density at radius 2 is 2.19 bits per heavy atom. The van der Waals surface area contributed by atoms with E-state index in [2.05, 4.69) is 10.3 Å². The number of anilines is 1. The number of aromatic nitrogens is 1. The second-order valence-electron chi connectivity index (χ2n) is 3.21. The maximum Gasteiger partial charge on any atom is 0.260 e. The van der Waals surface area contributed by atoms with Crippen molar-refractivity contribution in [1.82, 2.24) is 4.98 Å². The molecule has 0 aliphatic rings. The summed E-state index contributed by atoms with van der Waals surface area (Å²) in [6, 6.07) is 5.85. The van der Waals surface area contributed by atoms with Gasteiger partial charge in [-0.15, -0.1) is 11.3 Å². The number of carbonyl (C=O) groups excluding carboxylic acids is 1. The van der Waals surface area contributed by atoms with Gasteiger partial charge in [0, 0.05) is 11.1 Å². The minimum atomic E-state index is -0.534. The van der Waals surface area contributed by atoms with Gasteiger partial charge in [-0.25, -0.2) is 9.37 Å². The SMILES string of the molecule is Cc1cnc(NC(=O)c2ccccc2F)s1. The van der Waals surface area contributed by atoms with Gasteiger partial charge in [-0.3, -0.25) is 10.1 Å². The minimum absolute atomic E-state index is 0.0235. The van der Waals surface area contributed by atoms with Crippen molar-refractivity contribution in [2.24, 2.45) is 0 Å². The molecule has 1 aromatic carbocycles. The summed E-state index contributed by atoms with van der Waals surface area (Å²) in [5.74, 6) is -1.01. The van der Waals surface area contributed by atoms with Crippen LogP contribution in [0.15, 0.2) is 30.5 Å². The fourth-order valence-corrected chi connectivity index (χ4v) is 1.88. The zero-order valence-electron chi connectivity index (χ0n) is 8.53. The lowest BCUT2D eigenvalue weighted by molar-refractivity contribution is 0.102. The zero-order valence-corrected chi connectivity index (χ0v) is 9.34. The van der Waals surface area contributed by atoms with E-state index in [1.54, 1.807) is 18.3 Å². The highest BCUT2D eigenvalue weighted by molar-refractivity contribution is 7.15. The van der Waals surface area contributed by atoms with E-state index in [-0.39, 0.29) is 5.56 Å². The highest BCUT2D eigenvalue weighted by Crippen LogP contribution is 2.18.